The van der Waals surface area contributed by atoms with Crippen LogP contribution in [0, 0.1) is 0 Å². The molecule has 10 heteroatoms. The molecule has 204 valence electrons. The highest BCUT2D eigenvalue weighted by atomic mass is 32.1. The molecule has 1 atom stereocenters. The van der Waals surface area contributed by atoms with Gasteiger partial charge in [0.25, 0.3) is 5.56 Å². The average Bonchev–Trinajstić information content (AvgIpc) is 3.56. The predicted molar refractivity (Wildman–Crippen MR) is 149 cm³/mol. The van der Waals surface area contributed by atoms with E-state index in [0.29, 0.717) is 43.4 Å². The second-order valence-corrected chi connectivity index (χ2v) is 9.86. The fourth-order valence-corrected chi connectivity index (χ4v) is 5.52. The van der Waals surface area contributed by atoms with E-state index in [1.165, 1.54) is 23.0 Å². The zero-order valence-corrected chi connectivity index (χ0v) is 23.1. The number of hydrogen-bond acceptors (Lipinski definition) is 9. The largest absolute Gasteiger partial charge is 0.497 e. The maximum Gasteiger partial charge on any atom is 0.338 e. The Balaban J connectivity index is 1.57. The van der Waals surface area contributed by atoms with Gasteiger partial charge >= 0.3 is 11.9 Å². The van der Waals surface area contributed by atoms with E-state index in [4.69, 9.17) is 18.6 Å². The number of carbonyl (C=O) groups is 2. The predicted octanol–water partition coefficient (Wildman–Crippen LogP) is 3.85. The molecule has 1 aliphatic rings. The second-order valence-electron chi connectivity index (χ2n) is 8.85. The average molecular weight is 559 g/mol. The van der Waals surface area contributed by atoms with Gasteiger partial charge in [0, 0.05) is 11.6 Å². The second kappa shape index (κ2) is 11.2. The van der Waals surface area contributed by atoms with Crippen molar-refractivity contribution in [2.45, 2.75) is 19.9 Å². The van der Waals surface area contributed by atoms with Gasteiger partial charge < -0.3 is 18.6 Å². The molecule has 0 fully saturated rings. The number of ether oxygens (including phenoxy) is 3. The fraction of sp³-hybridized carbons (Fsp3) is 0.200. The van der Waals surface area contributed by atoms with E-state index in [2.05, 4.69) is 4.99 Å². The molecule has 1 aliphatic heterocycles. The van der Waals surface area contributed by atoms with Crippen molar-refractivity contribution in [1.29, 1.82) is 0 Å². The lowest BCUT2D eigenvalue weighted by Gasteiger charge is -2.24. The van der Waals surface area contributed by atoms with Crippen LogP contribution in [0.4, 0.5) is 0 Å². The van der Waals surface area contributed by atoms with Crippen LogP contribution < -0.4 is 19.6 Å². The summed E-state index contributed by atoms with van der Waals surface area (Å²) < 4.78 is 23.3. The Labute approximate surface area is 233 Å². The topological polar surface area (TPSA) is 109 Å². The molecule has 0 saturated carbocycles. The van der Waals surface area contributed by atoms with Gasteiger partial charge in [0.2, 0.25) is 0 Å². The lowest BCUT2D eigenvalue weighted by molar-refractivity contribution is -0.139. The minimum atomic E-state index is -0.719. The minimum absolute atomic E-state index is 0.196. The Hall–Kier alpha value is -4.70. The Kier molecular flexibility index (Phi) is 7.52. The third-order valence-corrected chi connectivity index (χ3v) is 7.42. The van der Waals surface area contributed by atoms with Crippen LogP contribution in [0.5, 0.6) is 5.75 Å². The first kappa shape index (κ1) is 26.9. The summed E-state index contributed by atoms with van der Waals surface area (Å²) in [4.78, 5) is 43.6. The summed E-state index contributed by atoms with van der Waals surface area (Å²) in [5.41, 5.74) is 2.41. The van der Waals surface area contributed by atoms with Crippen LogP contribution >= 0.6 is 11.3 Å². The van der Waals surface area contributed by atoms with Crippen molar-refractivity contribution in [2.24, 2.45) is 4.99 Å². The number of esters is 2. The molecule has 0 unspecified atom stereocenters. The molecule has 0 spiro atoms. The molecule has 40 heavy (non-hydrogen) atoms. The number of nitrogens with zero attached hydrogens (tertiary/aromatic N) is 2. The standard InChI is InChI=1S/C30H26N2O7S/c1-5-38-29(35)25-17(2)31-30-32(26(25)19-10-12-21(36-3)13-11-19)27(33)24(40-30)16-22-14-15-23(39-22)18-6-8-20(9-7-18)28(34)37-4/h6-16,26H,5H2,1-4H3/b24-16-/t26-/m1/s1. The van der Waals surface area contributed by atoms with Gasteiger partial charge in [0.05, 0.1) is 48.2 Å². The summed E-state index contributed by atoms with van der Waals surface area (Å²) in [5.74, 6) is 0.763. The van der Waals surface area contributed by atoms with Gasteiger partial charge in [-0.25, -0.2) is 14.6 Å². The van der Waals surface area contributed by atoms with E-state index in [1.54, 1.807) is 75.6 Å². The molecular formula is C30H26N2O7S. The molecule has 2 aromatic carbocycles. The third kappa shape index (κ3) is 5.01. The van der Waals surface area contributed by atoms with Gasteiger partial charge in [-0.3, -0.25) is 9.36 Å². The third-order valence-electron chi connectivity index (χ3n) is 6.44. The number of methoxy groups -OCH3 is 2. The van der Waals surface area contributed by atoms with Crippen LogP contribution in [-0.2, 0) is 14.3 Å². The van der Waals surface area contributed by atoms with Crippen LogP contribution in [0.25, 0.3) is 17.4 Å². The smallest absolute Gasteiger partial charge is 0.338 e. The van der Waals surface area contributed by atoms with Crippen molar-refractivity contribution in [2.75, 3.05) is 20.8 Å². The van der Waals surface area contributed by atoms with Crippen molar-refractivity contribution in [3.05, 3.63) is 109 Å². The lowest BCUT2D eigenvalue weighted by Crippen LogP contribution is -2.39. The van der Waals surface area contributed by atoms with Crippen molar-refractivity contribution in [1.82, 2.24) is 4.57 Å². The number of carbonyl (C=O) groups excluding carboxylic acids is 2. The number of thiazole rings is 1. The van der Waals surface area contributed by atoms with Gasteiger partial charge in [0.15, 0.2) is 4.80 Å². The normalized spacial score (nSPS) is 14.9. The lowest BCUT2D eigenvalue weighted by atomic mass is 9.96. The first-order chi connectivity index (χ1) is 19.3. The summed E-state index contributed by atoms with van der Waals surface area (Å²) in [5, 5.41) is 0. The highest BCUT2D eigenvalue weighted by Gasteiger charge is 2.33. The van der Waals surface area contributed by atoms with Crippen LogP contribution in [0.15, 0.2) is 86.1 Å². The van der Waals surface area contributed by atoms with Gasteiger partial charge in [-0.2, -0.15) is 0 Å². The number of fused-ring (bicyclic) bond motifs is 1. The number of allylic oxidation sites excluding steroid dienone is 1. The van der Waals surface area contributed by atoms with Crippen LogP contribution in [0.1, 0.15) is 41.6 Å². The zero-order chi connectivity index (χ0) is 28.4. The number of aromatic nitrogens is 1. The van der Waals surface area contributed by atoms with Crippen molar-refractivity contribution in [3.8, 4) is 17.1 Å². The molecule has 5 rings (SSSR count). The molecule has 3 heterocycles. The molecule has 0 amide bonds. The van der Waals surface area contributed by atoms with Crippen LogP contribution in [-0.4, -0.2) is 37.3 Å². The van der Waals surface area contributed by atoms with Gasteiger partial charge in [-0.15, -0.1) is 0 Å². The first-order valence-electron chi connectivity index (χ1n) is 12.5. The summed E-state index contributed by atoms with van der Waals surface area (Å²) in [6, 6.07) is 16.9. The van der Waals surface area contributed by atoms with Crippen molar-refractivity contribution in [3.63, 3.8) is 0 Å². The van der Waals surface area contributed by atoms with Gasteiger partial charge in [-0.05, 0) is 55.8 Å². The quantitative estimate of drug-likeness (QED) is 0.317. The zero-order valence-electron chi connectivity index (χ0n) is 22.3. The minimum Gasteiger partial charge on any atom is -0.497 e. The first-order valence-corrected chi connectivity index (χ1v) is 13.3. The van der Waals surface area contributed by atoms with E-state index in [9.17, 15) is 14.4 Å². The molecule has 0 N–H and O–H groups in total. The maximum absolute atomic E-state index is 13.8. The number of benzene rings is 2. The summed E-state index contributed by atoms with van der Waals surface area (Å²) in [6.07, 6.45) is 1.66. The fourth-order valence-electron chi connectivity index (χ4n) is 4.50. The summed E-state index contributed by atoms with van der Waals surface area (Å²) in [6.45, 7) is 3.67. The van der Waals surface area contributed by atoms with E-state index in [0.717, 1.165) is 11.1 Å². The van der Waals surface area contributed by atoms with E-state index >= 15 is 0 Å². The summed E-state index contributed by atoms with van der Waals surface area (Å²) >= 11 is 1.21. The monoisotopic (exact) mass is 558 g/mol. The maximum atomic E-state index is 13.8. The number of rotatable bonds is 7. The van der Waals surface area contributed by atoms with Gasteiger partial charge in [0.1, 0.15) is 17.3 Å². The number of furan rings is 1. The van der Waals surface area contributed by atoms with Gasteiger partial charge in [-0.1, -0.05) is 35.6 Å². The van der Waals surface area contributed by atoms with Crippen molar-refractivity contribution < 1.29 is 28.2 Å². The molecule has 4 aromatic rings. The molecule has 2 aromatic heterocycles. The van der Waals surface area contributed by atoms with E-state index in [-0.39, 0.29) is 12.2 Å². The summed E-state index contributed by atoms with van der Waals surface area (Å²) in [7, 11) is 2.90. The molecule has 9 nitrogen and oxygen atoms in total. The highest BCUT2D eigenvalue weighted by molar-refractivity contribution is 7.07. The Morgan fingerprint density at radius 3 is 2.40 bits per heavy atom. The highest BCUT2D eigenvalue weighted by Crippen LogP contribution is 2.31. The Morgan fingerprint density at radius 1 is 1.02 bits per heavy atom. The molecular weight excluding hydrogens is 532 g/mol. The molecule has 0 radical (unpaired) electrons. The SMILES string of the molecule is CCOC(=O)C1=C(C)N=c2s/c(=C\c3ccc(-c4ccc(C(=O)OC)cc4)o3)c(=O)n2[C@@H]1c1ccc(OC)cc1. The molecule has 0 bridgehead atoms. The van der Waals surface area contributed by atoms with E-state index in [1.807, 2.05) is 12.1 Å². The van der Waals surface area contributed by atoms with E-state index < -0.39 is 18.0 Å². The molecule has 0 saturated heterocycles. The number of hydrogen-bond donors (Lipinski definition) is 0. The molecule has 0 aliphatic carbocycles. The van der Waals surface area contributed by atoms with Crippen LogP contribution in [0.3, 0.4) is 0 Å². The van der Waals surface area contributed by atoms with Crippen molar-refractivity contribution >= 4 is 29.4 Å². The Bertz CT molecular complexity index is 1790. The van der Waals surface area contributed by atoms with Crippen LogP contribution in [0.2, 0.25) is 0 Å². The Morgan fingerprint density at radius 2 is 1.75 bits per heavy atom.